The first-order valence-corrected chi connectivity index (χ1v) is 6.74. The molecule has 0 aromatic carbocycles. The molecule has 92 valence electrons. The van der Waals surface area contributed by atoms with E-state index in [1.165, 1.54) is 9.75 Å². The maximum Gasteiger partial charge on any atom is 0.0799 e. The number of thiophene rings is 1. The lowest BCUT2D eigenvalue weighted by atomic mass is 10.1. The fraction of sp³-hybridized carbons (Fsp3) is 0.692. The molecule has 0 radical (unpaired) electrons. The third-order valence-corrected chi connectivity index (χ3v) is 3.74. The lowest BCUT2D eigenvalue weighted by molar-refractivity contribution is 0.0266. The molecule has 0 saturated carbocycles. The van der Waals surface area contributed by atoms with Gasteiger partial charge in [-0.25, -0.2) is 0 Å². The van der Waals surface area contributed by atoms with Crippen LogP contribution in [-0.2, 0) is 12.8 Å². The zero-order valence-corrected chi connectivity index (χ0v) is 11.1. The molecular formula is C13H22O2S. The largest absolute Gasteiger partial charge is 0.391 e. The minimum atomic E-state index is -0.630. The van der Waals surface area contributed by atoms with Crippen molar-refractivity contribution < 1.29 is 10.2 Å². The Hall–Kier alpha value is -0.380. The van der Waals surface area contributed by atoms with E-state index in [2.05, 4.69) is 26.0 Å². The van der Waals surface area contributed by atoms with Crippen LogP contribution in [0.1, 0.15) is 36.9 Å². The molecule has 2 nitrogen and oxygen atoms in total. The van der Waals surface area contributed by atoms with E-state index in [9.17, 15) is 10.2 Å². The molecule has 2 N–H and O–H groups in total. The molecule has 1 aromatic heterocycles. The van der Waals surface area contributed by atoms with Gasteiger partial charge in [0.2, 0.25) is 0 Å². The Morgan fingerprint density at radius 2 is 1.75 bits per heavy atom. The Kier molecular flexibility index (Phi) is 5.46. The van der Waals surface area contributed by atoms with Gasteiger partial charge in [0, 0.05) is 9.75 Å². The summed E-state index contributed by atoms with van der Waals surface area (Å²) < 4.78 is 0. The molecule has 0 aliphatic heterocycles. The van der Waals surface area contributed by atoms with Crippen LogP contribution in [0.2, 0.25) is 0 Å². The summed E-state index contributed by atoms with van der Waals surface area (Å²) in [4.78, 5) is 2.71. The van der Waals surface area contributed by atoms with Gasteiger partial charge in [0.05, 0.1) is 12.2 Å². The van der Waals surface area contributed by atoms with Gasteiger partial charge in [0.25, 0.3) is 0 Å². The van der Waals surface area contributed by atoms with Crippen molar-refractivity contribution in [3.63, 3.8) is 0 Å². The van der Waals surface area contributed by atoms with Crippen LogP contribution in [0.5, 0.6) is 0 Å². The molecule has 0 amide bonds. The smallest absolute Gasteiger partial charge is 0.0799 e. The zero-order valence-electron chi connectivity index (χ0n) is 10.3. The Balaban J connectivity index is 2.40. The Morgan fingerprint density at radius 1 is 1.12 bits per heavy atom. The summed E-state index contributed by atoms with van der Waals surface area (Å²) in [6.07, 6.45) is 1.39. The lowest BCUT2D eigenvalue weighted by Crippen LogP contribution is -2.22. The van der Waals surface area contributed by atoms with Crippen LogP contribution in [0.3, 0.4) is 0 Å². The Morgan fingerprint density at radius 3 is 2.31 bits per heavy atom. The van der Waals surface area contributed by atoms with Gasteiger partial charge in [-0.1, -0.05) is 13.8 Å². The van der Waals surface area contributed by atoms with Gasteiger partial charge in [-0.3, -0.25) is 0 Å². The second kappa shape index (κ2) is 6.38. The summed E-state index contributed by atoms with van der Waals surface area (Å²) in [5, 5.41) is 18.7. The molecule has 0 aliphatic carbocycles. The highest BCUT2D eigenvalue weighted by molar-refractivity contribution is 7.11. The molecule has 1 heterocycles. The van der Waals surface area contributed by atoms with Gasteiger partial charge in [0.15, 0.2) is 0 Å². The quantitative estimate of drug-likeness (QED) is 0.805. The van der Waals surface area contributed by atoms with Crippen molar-refractivity contribution in [2.24, 2.45) is 5.92 Å². The summed E-state index contributed by atoms with van der Waals surface area (Å²) in [6, 6.07) is 4.31. The van der Waals surface area contributed by atoms with E-state index in [0.29, 0.717) is 12.3 Å². The fourth-order valence-corrected chi connectivity index (χ4v) is 2.85. The van der Waals surface area contributed by atoms with Gasteiger partial charge in [-0.15, -0.1) is 11.3 Å². The molecule has 0 saturated heterocycles. The van der Waals surface area contributed by atoms with Crippen molar-refractivity contribution in [3.8, 4) is 0 Å². The average Bonchev–Trinajstić information content (AvgIpc) is 2.60. The maximum atomic E-state index is 9.49. The maximum absolute atomic E-state index is 9.49. The first-order chi connectivity index (χ1) is 7.49. The molecule has 2 unspecified atom stereocenters. The number of rotatable bonds is 6. The predicted molar refractivity (Wildman–Crippen MR) is 68.9 cm³/mol. The van der Waals surface area contributed by atoms with Crippen molar-refractivity contribution in [1.29, 1.82) is 0 Å². The molecule has 2 atom stereocenters. The van der Waals surface area contributed by atoms with E-state index >= 15 is 0 Å². The molecule has 0 aliphatic rings. The highest BCUT2D eigenvalue weighted by Gasteiger charge is 2.11. The van der Waals surface area contributed by atoms with Gasteiger partial charge >= 0.3 is 0 Å². The van der Waals surface area contributed by atoms with Gasteiger partial charge in [0.1, 0.15) is 0 Å². The fourth-order valence-electron chi connectivity index (χ4n) is 1.60. The highest BCUT2D eigenvalue weighted by Crippen LogP contribution is 2.21. The molecule has 0 fully saturated rings. The zero-order chi connectivity index (χ0) is 12.1. The van der Waals surface area contributed by atoms with E-state index in [4.69, 9.17) is 0 Å². The SMILES string of the molecule is CC(C)Cc1ccc(CCC(O)C(C)O)s1. The van der Waals surface area contributed by atoms with E-state index in [1.54, 1.807) is 6.92 Å². The second-order valence-electron chi connectivity index (χ2n) is 4.81. The number of hydrogen-bond donors (Lipinski definition) is 2. The van der Waals surface area contributed by atoms with Crippen molar-refractivity contribution in [2.75, 3.05) is 0 Å². The van der Waals surface area contributed by atoms with Crippen molar-refractivity contribution in [2.45, 2.75) is 52.2 Å². The molecule has 1 aromatic rings. The van der Waals surface area contributed by atoms with Crippen LogP contribution >= 0.6 is 11.3 Å². The van der Waals surface area contributed by atoms with E-state index in [0.717, 1.165) is 12.8 Å². The molecule has 16 heavy (non-hydrogen) atoms. The van der Waals surface area contributed by atoms with Crippen molar-refractivity contribution in [3.05, 3.63) is 21.9 Å². The number of aliphatic hydroxyl groups is 2. The monoisotopic (exact) mass is 242 g/mol. The molecule has 1 rings (SSSR count). The van der Waals surface area contributed by atoms with E-state index in [-0.39, 0.29) is 0 Å². The summed E-state index contributed by atoms with van der Waals surface area (Å²) in [7, 11) is 0. The normalized spacial score (nSPS) is 15.4. The third kappa shape index (κ3) is 4.64. The summed E-state index contributed by atoms with van der Waals surface area (Å²) in [5.41, 5.74) is 0. The average molecular weight is 242 g/mol. The van der Waals surface area contributed by atoms with Gasteiger partial charge < -0.3 is 10.2 Å². The Labute approximate surface area is 102 Å². The summed E-state index contributed by atoms with van der Waals surface area (Å²) >= 11 is 1.82. The van der Waals surface area contributed by atoms with Crippen LogP contribution in [0.15, 0.2) is 12.1 Å². The third-order valence-electron chi connectivity index (χ3n) is 2.57. The second-order valence-corrected chi connectivity index (χ2v) is 6.07. The topological polar surface area (TPSA) is 40.5 Å². The Bertz CT molecular complexity index is 305. The van der Waals surface area contributed by atoms with Crippen LogP contribution in [0.25, 0.3) is 0 Å². The molecule has 3 heteroatoms. The predicted octanol–water partition coefficient (Wildman–Crippen LogP) is 2.62. The van der Waals surface area contributed by atoms with E-state index in [1.807, 2.05) is 11.3 Å². The van der Waals surface area contributed by atoms with Crippen molar-refractivity contribution >= 4 is 11.3 Å². The van der Waals surface area contributed by atoms with Crippen LogP contribution in [0.4, 0.5) is 0 Å². The van der Waals surface area contributed by atoms with Crippen LogP contribution in [-0.4, -0.2) is 22.4 Å². The van der Waals surface area contributed by atoms with Crippen molar-refractivity contribution in [1.82, 2.24) is 0 Å². The standard InChI is InChI=1S/C13H22O2S/c1-9(2)8-12-5-4-11(16-12)6-7-13(15)10(3)14/h4-5,9-10,13-15H,6-8H2,1-3H3. The van der Waals surface area contributed by atoms with Crippen LogP contribution in [0, 0.1) is 5.92 Å². The number of hydrogen-bond acceptors (Lipinski definition) is 3. The minimum absolute atomic E-state index is 0.601. The van der Waals surface area contributed by atoms with Gasteiger partial charge in [-0.05, 0) is 44.2 Å². The first-order valence-electron chi connectivity index (χ1n) is 5.92. The minimum Gasteiger partial charge on any atom is -0.391 e. The van der Waals surface area contributed by atoms with Crippen LogP contribution < -0.4 is 0 Å². The summed E-state index contributed by atoms with van der Waals surface area (Å²) in [6.45, 7) is 6.07. The van der Waals surface area contributed by atoms with Gasteiger partial charge in [-0.2, -0.15) is 0 Å². The molecule has 0 spiro atoms. The first kappa shape index (κ1) is 13.7. The number of aryl methyl sites for hydroxylation is 1. The van der Waals surface area contributed by atoms with E-state index < -0.39 is 12.2 Å². The molecule has 0 bridgehead atoms. The number of aliphatic hydroxyl groups excluding tert-OH is 2. The highest BCUT2D eigenvalue weighted by atomic mass is 32.1. The lowest BCUT2D eigenvalue weighted by Gasteiger charge is -2.12. The summed E-state index contributed by atoms with van der Waals surface area (Å²) in [5.74, 6) is 0.689. The molecular weight excluding hydrogens is 220 g/mol.